The van der Waals surface area contributed by atoms with Crippen molar-refractivity contribution in [1.82, 2.24) is 10.2 Å². The minimum Gasteiger partial charge on any atom is -0.406 e. The third kappa shape index (κ3) is 4.49. The van der Waals surface area contributed by atoms with Gasteiger partial charge in [0.15, 0.2) is 0 Å². The predicted octanol–water partition coefficient (Wildman–Crippen LogP) is 0.394. The van der Waals surface area contributed by atoms with E-state index in [1.54, 1.807) is 11.8 Å². The van der Waals surface area contributed by atoms with E-state index in [2.05, 4.69) is 10.2 Å². The second kappa shape index (κ2) is 7.16. The first kappa shape index (κ1) is 14.7. The molecule has 0 saturated carbocycles. The van der Waals surface area contributed by atoms with Crippen LogP contribution >= 0.6 is 34.7 Å². The van der Waals surface area contributed by atoms with Crippen LogP contribution in [0.3, 0.4) is 0 Å². The molecule has 16 heavy (non-hydrogen) atoms. The predicted molar refractivity (Wildman–Crippen MR) is 66.6 cm³/mol. The van der Waals surface area contributed by atoms with Gasteiger partial charge in [0.25, 0.3) is 0 Å². The summed E-state index contributed by atoms with van der Waals surface area (Å²) in [7, 11) is 0. The van der Waals surface area contributed by atoms with Gasteiger partial charge in [-0.1, -0.05) is 23.7 Å². The van der Waals surface area contributed by atoms with Crippen LogP contribution in [0.25, 0.3) is 0 Å². The molecule has 0 aliphatic carbocycles. The van der Waals surface area contributed by atoms with Gasteiger partial charge in [0.05, 0.1) is 4.34 Å². The van der Waals surface area contributed by atoms with Gasteiger partial charge >= 0.3 is 29.6 Å². The summed E-state index contributed by atoms with van der Waals surface area (Å²) in [6, 6.07) is 7.78. The maximum Gasteiger partial charge on any atom is 1.00 e. The average Bonchev–Trinajstić information content (AvgIpc) is 2.64. The molecule has 0 N–H and O–H groups in total. The number of halogens is 1. The Hall–Kier alpha value is 0.640. The van der Waals surface area contributed by atoms with Crippen LogP contribution in [0.15, 0.2) is 32.9 Å². The molecule has 0 fully saturated rings. The fourth-order valence-electron chi connectivity index (χ4n) is 0.981. The normalized spacial score (nSPS) is 9.81. The Morgan fingerprint density at radius 1 is 1.25 bits per heavy atom. The topological polar surface area (TPSA) is 25.8 Å². The Bertz CT molecular complexity index is 446. The zero-order valence-electron chi connectivity index (χ0n) is 8.51. The minimum absolute atomic E-state index is 0. The summed E-state index contributed by atoms with van der Waals surface area (Å²) in [4.78, 5) is 0. The van der Waals surface area contributed by atoms with Crippen LogP contribution in [0.5, 0.6) is 0 Å². The molecule has 78 valence electrons. The second-order valence-corrected chi connectivity index (χ2v) is 6.03. The van der Waals surface area contributed by atoms with Gasteiger partial charge in [-0.2, -0.15) is 10.2 Å². The number of hydrogen-bond acceptors (Lipinski definition) is 5. The Morgan fingerprint density at radius 3 is 2.50 bits per heavy atom. The molecule has 0 unspecified atom stereocenters. The zero-order valence-corrected chi connectivity index (χ0v) is 13.7. The Balaban J connectivity index is 0.00000128. The molecule has 0 saturated heterocycles. The number of thioether (sulfide) groups is 1. The van der Waals surface area contributed by atoms with Gasteiger partial charge in [-0.25, -0.2) is 0 Å². The van der Waals surface area contributed by atoms with Gasteiger partial charge < -0.3 is 24.0 Å². The van der Waals surface area contributed by atoms with Crippen LogP contribution in [-0.2, 0) is 18.4 Å². The summed E-state index contributed by atoms with van der Waals surface area (Å²) in [6.07, 6.45) is 0. The van der Waals surface area contributed by atoms with Gasteiger partial charge in [0.1, 0.15) is 0 Å². The SMILES string of the molecule is [Na+].[S-]c1nnc(SCc2ccc(Cl)cc2)s1. The maximum atomic E-state index is 5.79. The molecular formula is C9H6ClN2NaS3. The molecule has 2 nitrogen and oxygen atoms in total. The third-order valence-electron chi connectivity index (χ3n) is 1.66. The van der Waals surface area contributed by atoms with Crippen molar-refractivity contribution in [3.63, 3.8) is 0 Å². The van der Waals surface area contributed by atoms with E-state index in [1.165, 1.54) is 16.9 Å². The van der Waals surface area contributed by atoms with E-state index < -0.39 is 0 Å². The Labute approximate surface area is 135 Å². The van der Waals surface area contributed by atoms with E-state index in [1.807, 2.05) is 24.3 Å². The molecule has 2 aromatic rings. The summed E-state index contributed by atoms with van der Waals surface area (Å²) in [5.74, 6) is 0.862. The fourth-order valence-corrected chi connectivity index (χ4v) is 3.09. The average molecular weight is 297 g/mol. The molecule has 1 heterocycles. The smallest absolute Gasteiger partial charge is 0.406 e. The second-order valence-electron chi connectivity index (χ2n) is 2.75. The van der Waals surface area contributed by atoms with E-state index in [0.29, 0.717) is 4.34 Å². The first-order valence-corrected chi connectivity index (χ1v) is 6.70. The molecule has 0 amide bonds. The van der Waals surface area contributed by atoms with Crippen LogP contribution in [0.4, 0.5) is 0 Å². The maximum absolute atomic E-state index is 5.79. The van der Waals surface area contributed by atoms with Gasteiger partial charge in [0.2, 0.25) is 0 Å². The van der Waals surface area contributed by atoms with Crippen LogP contribution in [0, 0.1) is 0 Å². The first-order chi connectivity index (χ1) is 7.24. The molecule has 0 spiro atoms. The number of benzene rings is 1. The number of nitrogens with zero attached hydrogens (tertiary/aromatic N) is 2. The van der Waals surface area contributed by atoms with E-state index in [-0.39, 0.29) is 29.6 Å². The van der Waals surface area contributed by atoms with Gasteiger partial charge in [-0.05, 0) is 22.0 Å². The molecule has 0 aliphatic heterocycles. The Morgan fingerprint density at radius 2 is 1.94 bits per heavy atom. The van der Waals surface area contributed by atoms with E-state index in [0.717, 1.165) is 15.1 Å². The number of aromatic nitrogens is 2. The van der Waals surface area contributed by atoms with E-state index in [9.17, 15) is 0 Å². The van der Waals surface area contributed by atoms with Crippen LogP contribution in [0.1, 0.15) is 5.56 Å². The van der Waals surface area contributed by atoms with Crippen molar-refractivity contribution in [1.29, 1.82) is 0 Å². The van der Waals surface area contributed by atoms with Crippen LogP contribution < -0.4 is 29.6 Å². The summed E-state index contributed by atoms with van der Waals surface area (Å²) in [5, 5.41) is 8.49. The fraction of sp³-hybridized carbons (Fsp3) is 0.111. The van der Waals surface area contributed by atoms with E-state index >= 15 is 0 Å². The van der Waals surface area contributed by atoms with Crippen molar-refractivity contribution in [2.45, 2.75) is 14.4 Å². The Kier molecular flexibility index (Phi) is 6.58. The largest absolute Gasteiger partial charge is 1.00 e. The van der Waals surface area contributed by atoms with Crippen LogP contribution in [-0.4, -0.2) is 10.2 Å². The molecule has 0 atom stereocenters. The minimum atomic E-state index is 0. The number of hydrogen-bond donors (Lipinski definition) is 0. The van der Waals surface area contributed by atoms with Crippen molar-refractivity contribution in [3.8, 4) is 0 Å². The summed E-state index contributed by atoms with van der Waals surface area (Å²) >= 11 is 13.8. The molecule has 0 aliphatic rings. The summed E-state index contributed by atoms with van der Waals surface area (Å²) in [5.41, 5.74) is 1.21. The first-order valence-electron chi connectivity index (χ1n) is 4.12. The molecule has 1 aromatic carbocycles. The molecular weight excluding hydrogens is 291 g/mol. The number of rotatable bonds is 3. The molecule has 2 rings (SSSR count). The molecule has 7 heteroatoms. The van der Waals surface area contributed by atoms with Crippen molar-refractivity contribution in [3.05, 3.63) is 34.9 Å². The van der Waals surface area contributed by atoms with E-state index in [4.69, 9.17) is 24.2 Å². The third-order valence-corrected chi connectivity index (χ3v) is 4.17. The van der Waals surface area contributed by atoms with Crippen molar-refractivity contribution in [2.24, 2.45) is 0 Å². The quantitative estimate of drug-likeness (QED) is 0.465. The summed E-state index contributed by atoms with van der Waals surface area (Å²) in [6.45, 7) is 0. The van der Waals surface area contributed by atoms with Crippen molar-refractivity contribution >= 4 is 47.3 Å². The van der Waals surface area contributed by atoms with Gasteiger partial charge in [0, 0.05) is 10.8 Å². The van der Waals surface area contributed by atoms with Crippen molar-refractivity contribution in [2.75, 3.05) is 0 Å². The van der Waals surface area contributed by atoms with Crippen molar-refractivity contribution < 1.29 is 29.6 Å². The molecule has 1 aromatic heterocycles. The molecule has 0 bridgehead atoms. The standard InChI is InChI=1S/C9H7ClN2S3.Na/c10-7-3-1-6(2-4-7)5-14-9-12-11-8(13)15-9;/h1-4H,5H2,(H,11,13);/q;+1/p-1. The molecule has 0 radical (unpaired) electrons. The monoisotopic (exact) mass is 296 g/mol. The van der Waals surface area contributed by atoms with Gasteiger partial charge in [-0.3, -0.25) is 0 Å². The van der Waals surface area contributed by atoms with Crippen LogP contribution in [0.2, 0.25) is 5.02 Å². The zero-order chi connectivity index (χ0) is 10.7. The van der Waals surface area contributed by atoms with Gasteiger partial charge in [-0.15, -0.1) is 11.8 Å². The summed E-state index contributed by atoms with van der Waals surface area (Å²) < 4.78 is 1.50.